The monoisotopic (exact) mass is 266 g/mol. The number of nitrogens with zero attached hydrogens (tertiary/aromatic N) is 1. The highest BCUT2D eigenvalue weighted by Crippen LogP contribution is 2.28. The number of likely N-dealkylation sites (tertiary alicyclic amines) is 1. The predicted octanol–water partition coefficient (Wildman–Crippen LogP) is 2.08. The maximum absolute atomic E-state index is 12.1. The fraction of sp³-hybridized carbons (Fsp3) is 0.867. The first-order valence-corrected chi connectivity index (χ1v) is 7.77. The molecule has 4 nitrogen and oxygen atoms in total. The third kappa shape index (κ3) is 3.16. The number of hydrogen-bond acceptors (Lipinski definition) is 3. The molecule has 2 amide bonds. The van der Waals surface area contributed by atoms with Crippen LogP contribution < -0.4 is 5.32 Å². The van der Waals surface area contributed by atoms with Crippen molar-refractivity contribution in [3.63, 3.8) is 0 Å². The average molecular weight is 266 g/mol. The molecule has 0 bridgehead atoms. The van der Waals surface area contributed by atoms with Gasteiger partial charge in [-0.05, 0) is 32.1 Å². The first kappa shape index (κ1) is 14.5. The van der Waals surface area contributed by atoms with Gasteiger partial charge in [0.15, 0.2) is 0 Å². The molecule has 1 aliphatic heterocycles. The maximum atomic E-state index is 12.1. The number of rotatable bonds is 5. The molecule has 0 aromatic carbocycles. The lowest BCUT2D eigenvalue weighted by atomic mass is 9.82. The van der Waals surface area contributed by atoms with Gasteiger partial charge in [-0.25, -0.2) is 0 Å². The van der Waals surface area contributed by atoms with Gasteiger partial charge in [-0.15, -0.1) is 0 Å². The Labute approximate surface area is 115 Å². The van der Waals surface area contributed by atoms with Crippen molar-refractivity contribution in [1.29, 1.82) is 0 Å². The van der Waals surface area contributed by atoms with Crippen LogP contribution in [0.1, 0.15) is 58.8 Å². The molecule has 0 radical (unpaired) electrons. The Morgan fingerprint density at radius 3 is 2.42 bits per heavy atom. The van der Waals surface area contributed by atoms with Crippen molar-refractivity contribution >= 4 is 11.8 Å². The van der Waals surface area contributed by atoms with E-state index in [1.807, 2.05) is 6.92 Å². The minimum atomic E-state index is -0.278. The Bertz CT molecular complexity index is 337. The van der Waals surface area contributed by atoms with Crippen molar-refractivity contribution in [2.24, 2.45) is 5.92 Å². The first-order valence-electron chi connectivity index (χ1n) is 7.77. The van der Waals surface area contributed by atoms with Crippen LogP contribution in [0.25, 0.3) is 0 Å². The highest BCUT2D eigenvalue weighted by Gasteiger charge is 2.39. The summed E-state index contributed by atoms with van der Waals surface area (Å²) in [6.07, 6.45) is 7.86. The fourth-order valence-corrected chi connectivity index (χ4v) is 3.53. The van der Waals surface area contributed by atoms with E-state index < -0.39 is 0 Å². The highest BCUT2D eigenvalue weighted by atomic mass is 16.2. The Hall–Kier alpha value is -0.900. The fourth-order valence-electron chi connectivity index (χ4n) is 3.53. The van der Waals surface area contributed by atoms with Gasteiger partial charge >= 0.3 is 0 Å². The van der Waals surface area contributed by atoms with Gasteiger partial charge in [0, 0.05) is 12.6 Å². The van der Waals surface area contributed by atoms with E-state index in [2.05, 4.69) is 12.2 Å². The molecule has 2 aliphatic rings. The van der Waals surface area contributed by atoms with Crippen LogP contribution in [0.2, 0.25) is 0 Å². The van der Waals surface area contributed by atoms with Gasteiger partial charge < -0.3 is 5.32 Å². The van der Waals surface area contributed by atoms with E-state index in [0.717, 1.165) is 6.42 Å². The van der Waals surface area contributed by atoms with E-state index in [4.69, 9.17) is 0 Å². The lowest BCUT2D eigenvalue weighted by molar-refractivity contribution is -0.138. The zero-order chi connectivity index (χ0) is 13.8. The van der Waals surface area contributed by atoms with Gasteiger partial charge in [-0.3, -0.25) is 14.5 Å². The summed E-state index contributed by atoms with van der Waals surface area (Å²) in [7, 11) is 0. The van der Waals surface area contributed by atoms with Gasteiger partial charge in [-0.1, -0.05) is 26.2 Å². The standard InChI is InChI=1S/C15H26N2O2/c1-3-12(11-8-6-5-7-9-11)16-13-10-14(18)17(4-2)15(13)19/h11-13,16H,3-10H2,1-2H3. The second-order valence-electron chi connectivity index (χ2n) is 5.81. The zero-order valence-electron chi connectivity index (χ0n) is 12.2. The Kier molecular flexibility index (Phi) is 4.97. The summed E-state index contributed by atoms with van der Waals surface area (Å²) in [5.41, 5.74) is 0. The molecule has 19 heavy (non-hydrogen) atoms. The van der Waals surface area contributed by atoms with Crippen LogP contribution >= 0.6 is 0 Å². The van der Waals surface area contributed by atoms with Crippen LogP contribution in [0.4, 0.5) is 0 Å². The Balaban J connectivity index is 1.95. The van der Waals surface area contributed by atoms with Crippen LogP contribution in [-0.2, 0) is 9.59 Å². The lowest BCUT2D eigenvalue weighted by Crippen LogP contribution is -2.47. The minimum Gasteiger partial charge on any atom is -0.302 e. The molecule has 1 N–H and O–H groups in total. The second-order valence-corrected chi connectivity index (χ2v) is 5.81. The summed E-state index contributed by atoms with van der Waals surface area (Å²) in [5, 5.41) is 3.47. The van der Waals surface area contributed by atoms with E-state index >= 15 is 0 Å². The van der Waals surface area contributed by atoms with E-state index in [1.165, 1.54) is 37.0 Å². The summed E-state index contributed by atoms with van der Waals surface area (Å²) < 4.78 is 0. The molecule has 1 saturated heterocycles. The molecular formula is C15H26N2O2. The summed E-state index contributed by atoms with van der Waals surface area (Å²) in [4.78, 5) is 25.2. The molecule has 2 rings (SSSR count). The van der Waals surface area contributed by atoms with Gasteiger partial charge in [0.2, 0.25) is 11.8 Å². The van der Waals surface area contributed by atoms with Gasteiger partial charge in [-0.2, -0.15) is 0 Å². The van der Waals surface area contributed by atoms with E-state index in [1.54, 1.807) is 0 Å². The molecule has 4 heteroatoms. The van der Waals surface area contributed by atoms with Crippen molar-refractivity contribution in [3.05, 3.63) is 0 Å². The molecule has 1 aliphatic carbocycles. The number of hydrogen-bond donors (Lipinski definition) is 1. The van der Waals surface area contributed by atoms with E-state index in [0.29, 0.717) is 24.9 Å². The first-order chi connectivity index (χ1) is 9.17. The zero-order valence-corrected chi connectivity index (χ0v) is 12.2. The molecule has 2 fully saturated rings. The molecule has 0 aromatic heterocycles. The largest absolute Gasteiger partial charge is 0.302 e. The lowest BCUT2D eigenvalue weighted by Gasteiger charge is -2.31. The van der Waals surface area contributed by atoms with E-state index in [-0.39, 0.29) is 17.9 Å². The van der Waals surface area contributed by atoms with Crippen LogP contribution in [0, 0.1) is 5.92 Å². The Morgan fingerprint density at radius 2 is 1.89 bits per heavy atom. The summed E-state index contributed by atoms with van der Waals surface area (Å²) in [5.74, 6) is 0.627. The van der Waals surface area contributed by atoms with Crippen molar-refractivity contribution in [2.45, 2.75) is 70.9 Å². The molecular weight excluding hydrogens is 240 g/mol. The number of imide groups is 1. The van der Waals surface area contributed by atoms with Crippen LogP contribution in [0.15, 0.2) is 0 Å². The second kappa shape index (κ2) is 6.51. The van der Waals surface area contributed by atoms with Crippen LogP contribution in [0.5, 0.6) is 0 Å². The summed E-state index contributed by atoms with van der Waals surface area (Å²) >= 11 is 0. The molecule has 1 saturated carbocycles. The number of amides is 2. The molecule has 2 unspecified atom stereocenters. The average Bonchev–Trinajstić information content (AvgIpc) is 2.71. The quantitative estimate of drug-likeness (QED) is 0.775. The number of nitrogens with one attached hydrogen (secondary N) is 1. The van der Waals surface area contributed by atoms with Crippen molar-refractivity contribution in [1.82, 2.24) is 10.2 Å². The Morgan fingerprint density at radius 1 is 1.21 bits per heavy atom. The highest BCUT2D eigenvalue weighted by molar-refractivity contribution is 6.05. The molecule has 108 valence electrons. The predicted molar refractivity (Wildman–Crippen MR) is 74.6 cm³/mol. The molecule has 2 atom stereocenters. The van der Waals surface area contributed by atoms with Crippen molar-refractivity contribution in [2.75, 3.05) is 6.54 Å². The van der Waals surface area contributed by atoms with E-state index in [9.17, 15) is 9.59 Å². The smallest absolute Gasteiger partial charge is 0.246 e. The van der Waals surface area contributed by atoms with Gasteiger partial charge in [0.1, 0.15) is 0 Å². The van der Waals surface area contributed by atoms with Crippen molar-refractivity contribution < 1.29 is 9.59 Å². The number of carbonyl (C=O) groups excluding carboxylic acids is 2. The normalized spacial score (nSPS) is 27.1. The van der Waals surface area contributed by atoms with Crippen LogP contribution in [0.3, 0.4) is 0 Å². The third-order valence-corrected chi connectivity index (χ3v) is 4.63. The molecule has 1 heterocycles. The summed E-state index contributed by atoms with van der Waals surface area (Å²) in [6, 6.07) is 0.109. The minimum absolute atomic E-state index is 0.0245. The van der Waals surface area contributed by atoms with Crippen LogP contribution in [-0.4, -0.2) is 35.3 Å². The third-order valence-electron chi connectivity index (χ3n) is 4.63. The molecule has 0 spiro atoms. The van der Waals surface area contributed by atoms with Gasteiger partial charge in [0.05, 0.1) is 12.5 Å². The number of likely N-dealkylation sites (N-methyl/N-ethyl adjacent to an activating group) is 1. The maximum Gasteiger partial charge on any atom is 0.246 e. The SMILES string of the molecule is CCC(NC1CC(=O)N(CC)C1=O)C1CCCCC1. The van der Waals surface area contributed by atoms with Gasteiger partial charge in [0.25, 0.3) is 0 Å². The topological polar surface area (TPSA) is 49.4 Å². The molecule has 0 aromatic rings. The van der Waals surface area contributed by atoms with Crippen molar-refractivity contribution in [3.8, 4) is 0 Å². The number of carbonyl (C=O) groups is 2. The summed E-state index contributed by atoms with van der Waals surface area (Å²) in [6.45, 7) is 4.53.